The quantitative estimate of drug-likeness (QED) is 0.536. The van der Waals surface area contributed by atoms with Gasteiger partial charge in [0.25, 0.3) is 5.91 Å². The predicted octanol–water partition coefficient (Wildman–Crippen LogP) is 3.51. The van der Waals surface area contributed by atoms with Gasteiger partial charge in [-0.15, -0.1) is 0 Å². The lowest BCUT2D eigenvalue weighted by Crippen LogP contribution is -2.43. The molecule has 2 aromatic rings. The van der Waals surface area contributed by atoms with E-state index in [1.807, 2.05) is 0 Å². The smallest absolute Gasteiger partial charge is 0.381 e. The van der Waals surface area contributed by atoms with Gasteiger partial charge in [-0.2, -0.15) is 13.2 Å². The second kappa shape index (κ2) is 11.3. The van der Waals surface area contributed by atoms with Crippen molar-refractivity contribution in [3.05, 3.63) is 35.0 Å². The van der Waals surface area contributed by atoms with Crippen LogP contribution in [0.4, 0.5) is 13.2 Å². The minimum atomic E-state index is -4.55. The number of rotatable bonds is 8. The Morgan fingerprint density at radius 3 is 2.47 bits per heavy atom. The molecule has 1 aliphatic heterocycles. The lowest BCUT2D eigenvalue weighted by atomic mass is 9.75. The van der Waals surface area contributed by atoms with Gasteiger partial charge in [-0.1, -0.05) is 0 Å². The third kappa shape index (κ3) is 6.01. The van der Waals surface area contributed by atoms with Gasteiger partial charge in [0.2, 0.25) is 15.9 Å². The maximum Gasteiger partial charge on any atom is 0.405 e. The number of amides is 2. The summed E-state index contributed by atoms with van der Waals surface area (Å²) in [6.07, 6.45) is -0.396. The van der Waals surface area contributed by atoms with Crippen molar-refractivity contribution in [3.8, 4) is 0 Å². The summed E-state index contributed by atoms with van der Waals surface area (Å²) in [5.74, 6) is -0.597. The van der Waals surface area contributed by atoms with Crippen LogP contribution in [0, 0.1) is 11.8 Å². The van der Waals surface area contributed by atoms with Crippen molar-refractivity contribution in [3.63, 3.8) is 0 Å². The number of carbonyl (C=O) groups excluding carboxylic acids is 2. The fourth-order valence-electron chi connectivity index (χ4n) is 5.65. The molecule has 1 atom stereocenters. The van der Waals surface area contributed by atoms with Crippen molar-refractivity contribution in [2.24, 2.45) is 11.8 Å². The van der Waals surface area contributed by atoms with E-state index in [0.717, 1.165) is 43.7 Å². The molecule has 2 heterocycles. The van der Waals surface area contributed by atoms with Crippen LogP contribution in [0.1, 0.15) is 54.7 Å². The Balaban J connectivity index is 1.67. The van der Waals surface area contributed by atoms with E-state index >= 15 is 0 Å². The molecule has 1 saturated heterocycles. The number of halogens is 3. The van der Waals surface area contributed by atoms with Crippen LogP contribution in [0.25, 0.3) is 10.9 Å². The van der Waals surface area contributed by atoms with Crippen LogP contribution in [0.5, 0.6) is 0 Å². The van der Waals surface area contributed by atoms with Crippen LogP contribution in [0.2, 0.25) is 0 Å². The van der Waals surface area contributed by atoms with Gasteiger partial charge >= 0.3 is 6.18 Å². The van der Waals surface area contributed by atoms with Crippen LogP contribution in [0.3, 0.4) is 0 Å². The third-order valence-electron chi connectivity index (χ3n) is 7.66. The molecule has 1 unspecified atom stereocenters. The van der Waals surface area contributed by atoms with E-state index in [-0.39, 0.29) is 17.9 Å². The molecule has 38 heavy (non-hydrogen) atoms. The second-order valence-electron chi connectivity index (χ2n) is 9.99. The summed E-state index contributed by atoms with van der Waals surface area (Å²) in [5.41, 5.74) is 2.46. The molecule has 0 radical (unpaired) electrons. The van der Waals surface area contributed by atoms with Gasteiger partial charge in [0.15, 0.2) is 0 Å². The highest BCUT2D eigenvalue weighted by Crippen LogP contribution is 2.40. The molecule has 12 heteroatoms. The first-order valence-electron chi connectivity index (χ1n) is 13.0. The number of carbonyl (C=O) groups is 2. The normalized spacial score (nSPS) is 18.8. The second-order valence-corrected chi connectivity index (χ2v) is 12.1. The zero-order valence-corrected chi connectivity index (χ0v) is 22.5. The Bertz CT molecular complexity index is 1300. The first kappa shape index (κ1) is 28.4. The molecule has 2 amide bonds. The van der Waals surface area contributed by atoms with Crippen molar-refractivity contribution in [2.75, 3.05) is 38.6 Å². The summed E-state index contributed by atoms with van der Waals surface area (Å²) >= 11 is 0. The summed E-state index contributed by atoms with van der Waals surface area (Å²) in [6.45, 7) is 2.82. The van der Waals surface area contributed by atoms with Crippen molar-refractivity contribution in [1.29, 1.82) is 0 Å². The molecule has 2 aliphatic rings. The average Bonchev–Trinajstić information content (AvgIpc) is 3.24. The molecular weight excluding hydrogens is 523 g/mol. The molecule has 1 aromatic heterocycles. The van der Waals surface area contributed by atoms with E-state index in [9.17, 15) is 31.2 Å². The molecule has 0 saturated carbocycles. The first-order valence-corrected chi connectivity index (χ1v) is 14.7. The highest BCUT2D eigenvalue weighted by Gasteiger charge is 2.34. The molecule has 4 rings (SSSR count). The van der Waals surface area contributed by atoms with Gasteiger partial charge < -0.3 is 15.0 Å². The van der Waals surface area contributed by atoms with Crippen molar-refractivity contribution < 1.29 is 35.9 Å². The van der Waals surface area contributed by atoms with E-state index < -0.39 is 41.1 Å². The van der Waals surface area contributed by atoms with Gasteiger partial charge in [-0.05, 0) is 81.5 Å². The van der Waals surface area contributed by atoms with Crippen LogP contribution in [0.15, 0.2) is 18.2 Å². The molecule has 8 nitrogen and oxygen atoms in total. The maximum absolute atomic E-state index is 13.3. The van der Waals surface area contributed by atoms with Gasteiger partial charge in [-0.25, -0.2) is 12.4 Å². The Morgan fingerprint density at radius 1 is 1.13 bits per heavy atom. The minimum absolute atomic E-state index is 0.0655. The van der Waals surface area contributed by atoms with Crippen LogP contribution in [-0.2, 0) is 32.4 Å². The zero-order chi connectivity index (χ0) is 27.7. The molecule has 1 aromatic carbocycles. The highest BCUT2D eigenvalue weighted by atomic mass is 32.2. The molecule has 0 bridgehead atoms. The number of hydrogen-bond acceptors (Lipinski definition) is 5. The fraction of sp³-hybridized carbons (Fsp3) is 0.615. The van der Waals surface area contributed by atoms with E-state index in [2.05, 4.69) is 0 Å². The number of aromatic nitrogens is 1. The number of benzene rings is 1. The monoisotopic (exact) mass is 557 g/mol. The van der Waals surface area contributed by atoms with Crippen molar-refractivity contribution in [1.82, 2.24) is 14.2 Å². The Labute approximate surface area is 220 Å². The molecule has 210 valence electrons. The van der Waals surface area contributed by atoms with E-state index in [0.29, 0.717) is 35.6 Å². The zero-order valence-electron chi connectivity index (χ0n) is 21.6. The lowest BCUT2D eigenvalue weighted by Gasteiger charge is -2.33. The Morgan fingerprint density at radius 2 is 1.84 bits per heavy atom. The van der Waals surface area contributed by atoms with E-state index in [1.54, 1.807) is 31.3 Å². The van der Waals surface area contributed by atoms with Crippen LogP contribution < -0.4 is 5.32 Å². The predicted molar refractivity (Wildman–Crippen MR) is 136 cm³/mol. The maximum atomic E-state index is 13.3. The number of ether oxygens (including phenoxy) is 1. The van der Waals surface area contributed by atoms with E-state index in [1.165, 1.54) is 14.9 Å². The summed E-state index contributed by atoms with van der Waals surface area (Å²) in [4.78, 5) is 26.5. The largest absolute Gasteiger partial charge is 0.405 e. The summed E-state index contributed by atoms with van der Waals surface area (Å²) in [7, 11) is -3.60. The van der Waals surface area contributed by atoms with Gasteiger partial charge in [0.05, 0.1) is 17.8 Å². The molecule has 1 aliphatic carbocycles. The number of fused-ring (bicyclic) bond motifs is 3. The molecule has 1 N–H and O–H groups in total. The van der Waals surface area contributed by atoms with Gasteiger partial charge in [-0.3, -0.25) is 9.59 Å². The topological polar surface area (TPSA) is 97.7 Å². The lowest BCUT2D eigenvalue weighted by molar-refractivity contribution is -0.138. The molecule has 0 spiro atoms. The standard InChI is InChI=1S/C26H34F3N3O5S/c1-3-31(15-24(33)30-16-26(27,28)29)25(34)19-6-8-23-21(14-19)20-13-18(17-9-11-37-12-10-17)5-7-22(20)32(23)38(35,36)4-2/h6,8,14,17-18H,3-5,7,9-13,15-16H2,1-2H3,(H,30,33). The average molecular weight is 558 g/mol. The Hall–Kier alpha value is -2.60. The number of nitrogens with zero attached hydrogens (tertiary/aromatic N) is 2. The SMILES string of the molecule is CCN(CC(=O)NCC(F)(F)F)C(=O)c1ccc2c(c1)c1c(n2S(=O)(=O)CC)CCC(C2CCOCC2)C1. The molecule has 1 fully saturated rings. The van der Waals surface area contributed by atoms with Crippen LogP contribution in [-0.4, -0.2) is 73.9 Å². The number of likely N-dealkylation sites (N-methyl/N-ethyl adjacent to an activating group) is 1. The number of hydrogen-bond donors (Lipinski definition) is 1. The minimum Gasteiger partial charge on any atom is -0.381 e. The van der Waals surface area contributed by atoms with E-state index in [4.69, 9.17) is 4.74 Å². The fourth-order valence-corrected chi connectivity index (χ4v) is 6.91. The van der Waals surface area contributed by atoms with Gasteiger partial charge in [0, 0.05) is 36.4 Å². The highest BCUT2D eigenvalue weighted by molar-refractivity contribution is 7.90. The summed E-state index contributed by atoms with van der Waals surface area (Å²) in [5, 5.41) is 2.48. The number of nitrogens with one attached hydrogen (secondary N) is 1. The first-order chi connectivity index (χ1) is 17.9. The summed E-state index contributed by atoms with van der Waals surface area (Å²) in [6, 6.07) is 4.81. The van der Waals surface area contributed by atoms with Gasteiger partial charge in [0.1, 0.15) is 6.54 Å². The van der Waals surface area contributed by atoms with Crippen molar-refractivity contribution in [2.45, 2.75) is 52.1 Å². The molecular formula is C26H34F3N3O5S. The third-order valence-corrected chi connectivity index (χ3v) is 9.37. The van der Waals surface area contributed by atoms with Crippen molar-refractivity contribution >= 4 is 32.7 Å². The Kier molecular flexibility index (Phi) is 8.41. The van der Waals surface area contributed by atoms with Crippen LogP contribution >= 0.6 is 0 Å². The summed E-state index contributed by atoms with van der Waals surface area (Å²) < 4.78 is 70.5. The number of alkyl halides is 3.